The highest BCUT2D eigenvalue weighted by Gasteiger charge is 2.33. The lowest BCUT2D eigenvalue weighted by atomic mass is 10.0. The van der Waals surface area contributed by atoms with E-state index in [0.29, 0.717) is 11.8 Å². The summed E-state index contributed by atoms with van der Waals surface area (Å²) in [6.45, 7) is 3.79. The summed E-state index contributed by atoms with van der Waals surface area (Å²) in [5.41, 5.74) is -0.323. The standard InChI is InChI=1S/C17H21Cl2N5O2/c1-2-13(16-21-15(22-26-16)10-3-4-10)23-7-5-11(6-8-23)24-17(25)14(19)12(18)9-20-24/h9-11,13H,2-8H2,1H3. The predicted molar refractivity (Wildman–Crippen MR) is 97.7 cm³/mol. The van der Waals surface area contributed by atoms with Gasteiger partial charge in [0.05, 0.1) is 23.3 Å². The van der Waals surface area contributed by atoms with Crippen LogP contribution in [0.4, 0.5) is 0 Å². The van der Waals surface area contributed by atoms with Gasteiger partial charge >= 0.3 is 0 Å². The summed E-state index contributed by atoms with van der Waals surface area (Å²) in [4.78, 5) is 19.3. The minimum atomic E-state index is -0.323. The van der Waals surface area contributed by atoms with Gasteiger partial charge in [-0.25, -0.2) is 4.68 Å². The van der Waals surface area contributed by atoms with E-state index in [0.717, 1.165) is 51.0 Å². The highest BCUT2D eigenvalue weighted by Crippen LogP contribution is 2.39. The van der Waals surface area contributed by atoms with E-state index in [1.165, 1.54) is 10.9 Å². The molecule has 1 aliphatic heterocycles. The van der Waals surface area contributed by atoms with Crippen molar-refractivity contribution < 1.29 is 4.52 Å². The van der Waals surface area contributed by atoms with E-state index in [2.05, 4.69) is 27.1 Å². The Balaban J connectivity index is 1.45. The first-order valence-electron chi connectivity index (χ1n) is 9.08. The van der Waals surface area contributed by atoms with E-state index < -0.39 is 0 Å². The zero-order valence-corrected chi connectivity index (χ0v) is 16.1. The van der Waals surface area contributed by atoms with Crippen molar-refractivity contribution >= 4 is 23.2 Å². The third kappa shape index (κ3) is 3.40. The quantitative estimate of drug-likeness (QED) is 0.766. The Hall–Kier alpha value is -1.44. The smallest absolute Gasteiger partial charge is 0.287 e. The molecule has 0 radical (unpaired) electrons. The van der Waals surface area contributed by atoms with Gasteiger partial charge in [0.1, 0.15) is 5.02 Å². The maximum Gasteiger partial charge on any atom is 0.287 e. The van der Waals surface area contributed by atoms with Crippen molar-refractivity contribution in [2.45, 2.75) is 57.0 Å². The van der Waals surface area contributed by atoms with Gasteiger partial charge in [-0.2, -0.15) is 10.1 Å². The third-order valence-electron chi connectivity index (χ3n) is 5.26. The topological polar surface area (TPSA) is 77.1 Å². The Kier molecular flexibility index (Phi) is 5.03. The fourth-order valence-electron chi connectivity index (χ4n) is 3.61. The van der Waals surface area contributed by atoms with Crippen LogP contribution in [0.1, 0.15) is 68.7 Å². The Morgan fingerprint density at radius 1 is 1.27 bits per heavy atom. The molecule has 140 valence electrons. The van der Waals surface area contributed by atoms with E-state index in [9.17, 15) is 4.79 Å². The zero-order chi connectivity index (χ0) is 18.3. The van der Waals surface area contributed by atoms with E-state index >= 15 is 0 Å². The number of aromatic nitrogens is 4. The van der Waals surface area contributed by atoms with Crippen LogP contribution in [-0.2, 0) is 0 Å². The number of piperidine rings is 1. The number of hydrogen-bond donors (Lipinski definition) is 0. The molecule has 2 aromatic rings. The SMILES string of the molecule is CCC(c1nc(C2CC2)no1)N1CCC(n2ncc(Cl)c(Cl)c2=O)CC1. The molecule has 2 aliphatic rings. The summed E-state index contributed by atoms with van der Waals surface area (Å²) in [6.07, 6.45) is 6.28. The fraction of sp³-hybridized carbons (Fsp3) is 0.647. The van der Waals surface area contributed by atoms with Gasteiger partial charge in [0.15, 0.2) is 5.82 Å². The summed E-state index contributed by atoms with van der Waals surface area (Å²) in [6, 6.07) is 0.144. The van der Waals surface area contributed by atoms with Crippen LogP contribution in [0.15, 0.2) is 15.5 Å². The van der Waals surface area contributed by atoms with Crippen LogP contribution in [-0.4, -0.2) is 37.9 Å². The molecule has 1 saturated carbocycles. The van der Waals surface area contributed by atoms with E-state index in [4.69, 9.17) is 27.7 Å². The van der Waals surface area contributed by atoms with Gasteiger partial charge in [0.2, 0.25) is 5.89 Å². The molecule has 2 aromatic heterocycles. The highest BCUT2D eigenvalue weighted by molar-refractivity contribution is 6.41. The molecule has 0 N–H and O–H groups in total. The Bertz CT molecular complexity index is 840. The average Bonchev–Trinajstić information content (AvgIpc) is 3.40. The molecule has 0 bridgehead atoms. The van der Waals surface area contributed by atoms with Crippen molar-refractivity contribution in [2.75, 3.05) is 13.1 Å². The Morgan fingerprint density at radius 2 is 2.00 bits per heavy atom. The first-order valence-corrected chi connectivity index (χ1v) is 9.84. The second-order valence-corrected chi connectivity index (χ2v) is 7.80. The van der Waals surface area contributed by atoms with E-state index in [1.54, 1.807) is 0 Å². The van der Waals surface area contributed by atoms with Crippen LogP contribution in [0.25, 0.3) is 0 Å². The lowest BCUT2D eigenvalue weighted by Crippen LogP contribution is -2.40. The van der Waals surface area contributed by atoms with Gasteiger partial charge in [-0.15, -0.1) is 0 Å². The molecular weight excluding hydrogens is 377 g/mol. The van der Waals surface area contributed by atoms with Crippen molar-refractivity contribution in [2.24, 2.45) is 0 Å². The largest absolute Gasteiger partial charge is 0.338 e. The number of hydrogen-bond acceptors (Lipinski definition) is 6. The van der Waals surface area contributed by atoms with E-state index in [-0.39, 0.29) is 27.7 Å². The molecule has 1 atom stereocenters. The third-order valence-corrected chi connectivity index (χ3v) is 6.01. The minimum Gasteiger partial charge on any atom is -0.338 e. The lowest BCUT2D eigenvalue weighted by Gasteiger charge is -2.35. The zero-order valence-electron chi connectivity index (χ0n) is 14.6. The summed E-state index contributed by atoms with van der Waals surface area (Å²) >= 11 is 11.8. The normalized spacial score (nSPS) is 20.4. The monoisotopic (exact) mass is 397 g/mol. The van der Waals surface area contributed by atoms with Gasteiger partial charge < -0.3 is 4.52 Å². The molecule has 9 heteroatoms. The minimum absolute atomic E-state index is 0.0238. The second-order valence-electron chi connectivity index (χ2n) is 7.01. The summed E-state index contributed by atoms with van der Waals surface area (Å²) < 4.78 is 6.99. The van der Waals surface area contributed by atoms with Crippen LogP contribution in [0.2, 0.25) is 10.0 Å². The van der Waals surface area contributed by atoms with Crippen molar-refractivity contribution in [1.82, 2.24) is 24.8 Å². The Labute approximate surface area is 161 Å². The fourth-order valence-corrected chi connectivity index (χ4v) is 3.87. The average molecular weight is 398 g/mol. The lowest BCUT2D eigenvalue weighted by molar-refractivity contribution is 0.104. The van der Waals surface area contributed by atoms with Crippen molar-refractivity contribution in [3.63, 3.8) is 0 Å². The molecule has 7 nitrogen and oxygen atoms in total. The first kappa shape index (κ1) is 17.9. The summed E-state index contributed by atoms with van der Waals surface area (Å²) in [5, 5.41) is 8.54. The molecule has 1 unspecified atom stereocenters. The van der Waals surface area contributed by atoms with Gasteiger partial charge in [-0.05, 0) is 32.1 Å². The first-order chi connectivity index (χ1) is 12.6. The van der Waals surface area contributed by atoms with E-state index in [1.807, 2.05) is 0 Å². The molecule has 26 heavy (non-hydrogen) atoms. The van der Waals surface area contributed by atoms with Gasteiger partial charge in [0.25, 0.3) is 5.56 Å². The van der Waals surface area contributed by atoms with Crippen LogP contribution < -0.4 is 5.56 Å². The molecule has 0 spiro atoms. The molecule has 4 rings (SSSR count). The number of rotatable bonds is 5. The van der Waals surface area contributed by atoms with Crippen LogP contribution in [0, 0.1) is 0 Å². The maximum atomic E-state index is 12.3. The van der Waals surface area contributed by atoms with Crippen LogP contribution in [0.3, 0.4) is 0 Å². The van der Waals surface area contributed by atoms with Crippen molar-refractivity contribution in [3.05, 3.63) is 38.3 Å². The number of likely N-dealkylation sites (tertiary alicyclic amines) is 1. The maximum absolute atomic E-state index is 12.3. The highest BCUT2D eigenvalue weighted by atomic mass is 35.5. The molecular formula is C17H21Cl2N5O2. The molecule has 0 amide bonds. The number of halogens is 2. The second kappa shape index (κ2) is 7.29. The van der Waals surface area contributed by atoms with Crippen molar-refractivity contribution in [3.8, 4) is 0 Å². The number of nitrogens with zero attached hydrogens (tertiary/aromatic N) is 5. The van der Waals surface area contributed by atoms with Gasteiger partial charge in [0, 0.05) is 19.0 Å². The predicted octanol–water partition coefficient (Wildman–Crippen LogP) is 3.60. The van der Waals surface area contributed by atoms with Gasteiger partial charge in [-0.3, -0.25) is 9.69 Å². The molecule has 1 aliphatic carbocycles. The van der Waals surface area contributed by atoms with Crippen molar-refractivity contribution in [1.29, 1.82) is 0 Å². The summed E-state index contributed by atoms with van der Waals surface area (Å²) in [5.74, 6) is 2.04. The van der Waals surface area contributed by atoms with Crippen LogP contribution >= 0.6 is 23.2 Å². The Morgan fingerprint density at radius 3 is 2.65 bits per heavy atom. The molecule has 2 fully saturated rings. The molecule has 3 heterocycles. The van der Waals surface area contributed by atoms with Gasteiger partial charge in [-0.1, -0.05) is 35.3 Å². The molecule has 0 aromatic carbocycles. The summed E-state index contributed by atoms with van der Waals surface area (Å²) in [7, 11) is 0. The van der Waals surface area contributed by atoms with Crippen LogP contribution in [0.5, 0.6) is 0 Å². The molecule has 1 saturated heterocycles.